The molecule has 1 heterocycles. The lowest BCUT2D eigenvalue weighted by Gasteiger charge is -2.12. The quantitative estimate of drug-likeness (QED) is 0.771. The maximum atomic E-state index is 5.60. The maximum absolute atomic E-state index is 5.60. The van der Waals surface area contributed by atoms with Crippen LogP contribution in [-0.4, -0.2) is 39.5 Å². The molecule has 0 bridgehead atoms. The van der Waals surface area contributed by atoms with Crippen molar-refractivity contribution in [1.82, 2.24) is 0 Å². The Kier molecular flexibility index (Phi) is 5.97. The van der Waals surface area contributed by atoms with Crippen molar-refractivity contribution in [2.45, 2.75) is 12.8 Å². The fourth-order valence-corrected chi connectivity index (χ4v) is 2.60. The first-order valence-electron chi connectivity index (χ1n) is 6.64. The molecule has 1 aliphatic heterocycles. The minimum absolute atomic E-state index is 0.617. The molecule has 0 atom stereocenters. The largest absolute Gasteiger partial charge is 0.491 e. The first-order valence-corrected chi connectivity index (χ1v) is 7.43. The van der Waals surface area contributed by atoms with Crippen LogP contribution in [0, 0.1) is 0 Å². The van der Waals surface area contributed by atoms with Crippen molar-refractivity contribution >= 4 is 15.9 Å². The minimum Gasteiger partial charge on any atom is -0.491 e. The van der Waals surface area contributed by atoms with E-state index in [9.17, 15) is 0 Å². The summed E-state index contributed by atoms with van der Waals surface area (Å²) < 4.78 is 12.2. The molecule has 4 heteroatoms. The second-order valence-electron chi connectivity index (χ2n) is 4.63. The molecule has 18 heavy (non-hydrogen) atoms. The Labute approximate surface area is 117 Å². The lowest BCUT2D eigenvalue weighted by Crippen LogP contribution is -3.10. The molecule has 0 aliphatic carbocycles. The van der Waals surface area contributed by atoms with Gasteiger partial charge in [-0.3, -0.25) is 0 Å². The van der Waals surface area contributed by atoms with Crippen LogP contribution < -0.4 is 9.64 Å². The summed E-state index contributed by atoms with van der Waals surface area (Å²) in [4.78, 5) is 1.68. The van der Waals surface area contributed by atoms with Crippen LogP contribution in [0.3, 0.4) is 0 Å². The van der Waals surface area contributed by atoms with Gasteiger partial charge < -0.3 is 14.4 Å². The lowest BCUT2D eigenvalue weighted by molar-refractivity contribution is -0.887. The van der Waals surface area contributed by atoms with E-state index < -0.39 is 0 Å². The number of rotatable bonds is 7. The van der Waals surface area contributed by atoms with Crippen molar-refractivity contribution in [3.05, 3.63) is 28.7 Å². The number of hydrogen-bond acceptors (Lipinski definition) is 2. The zero-order valence-corrected chi connectivity index (χ0v) is 12.2. The molecular weight excluding hydrogens is 294 g/mol. The van der Waals surface area contributed by atoms with E-state index in [1.165, 1.54) is 25.9 Å². The number of ether oxygens (including phenoxy) is 2. The molecule has 0 unspecified atom stereocenters. The van der Waals surface area contributed by atoms with Crippen LogP contribution in [0.15, 0.2) is 28.7 Å². The van der Waals surface area contributed by atoms with Crippen LogP contribution in [0.1, 0.15) is 12.8 Å². The highest BCUT2D eigenvalue weighted by molar-refractivity contribution is 9.10. The first kappa shape index (κ1) is 13.8. The van der Waals surface area contributed by atoms with Gasteiger partial charge in [0.05, 0.1) is 26.3 Å². The smallest absolute Gasteiger partial charge is 0.120 e. The third-order valence-corrected chi connectivity index (χ3v) is 3.70. The number of hydrogen-bond donors (Lipinski definition) is 1. The van der Waals surface area contributed by atoms with Crippen molar-refractivity contribution in [3.8, 4) is 5.75 Å². The van der Waals surface area contributed by atoms with Gasteiger partial charge in [-0.2, -0.15) is 0 Å². The Morgan fingerprint density at radius 3 is 2.72 bits per heavy atom. The van der Waals surface area contributed by atoms with E-state index in [-0.39, 0.29) is 0 Å². The monoisotopic (exact) mass is 314 g/mol. The van der Waals surface area contributed by atoms with Gasteiger partial charge >= 0.3 is 0 Å². The van der Waals surface area contributed by atoms with Crippen LogP contribution in [-0.2, 0) is 4.74 Å². The fourth-order valence-electron chi connectivity index (χ4n) is 2.22. The molecule has 0 aromatic heterocycles. The highest BCUT2D eigenvalue weighted by atomic mass is 79.9. The van der Waals surface area contributed by atoms with Gasteiger partial charge in [0.15, 0.2) is 0 Å². The Bertz CT molecular complexity index is 353. The summed E-state index contributed by atoms with van der Waals surface area (Å²) in [6.07, 6.45) is 2.75. The molecule has 3 nitrogen and oxygen atoms in total. The maximum Gasteiger partial charge on any atom is 0.120 e. The van der Waals surface area contributed by atoms with Gasteiger partial charge in [0, 0.05) is 17.3 Å². The molecule has 1 aromatic rings. The van der Waals surface area contributed by atoms with E-state index in [1.807, 2.05) is 24.3 Å². The minimum atomic E-state index is 0.617. The zero-order valence-electron chi connectivity index (χ0n) is 10.7. The van der Waals surface area contributed by atoms with Crippen molar-refractivity contribution < 1.29 is 14.4 Å². The molecule has 0 spiro atoms. The van der Waals surface area contributed by atoms with Gasteiger partial charge in [-0.15, -0.1) is 0 Å². The van der Waals surface area contributed by atoms with E-state index in [4.69, 9.17) is 9.47 Å². The standard InChI is InChI=1S/C14H20BrNO2/c15-13-4-3-5-14(12-13)18-11-10-17-9-8-16-6-1-2-7-16/h3-5,12H,1-2,6-11H2/p+1. The Hall–Kier alpha value is -0.580. The highest BCUT2D eigenvalue weighted by Gasteiger charge is 2.13. The summed E-state index contributed by atoms with van der Waals surface area (Å²) >= 11 is 3.42. The number of halogens is 1. The van der Waals surface area contributed by atoms with Crippen LogP contribution in [0.2, 0.25) is 0 Å². The molecule has 1 N–H and O–H groups in total. The van der Waals surface area contributed by atoms with Crippen molar-refractivity contribution in [2.24, 2.45) is 0 Å². The topological polar surface area (TPSA) is 22.9 Å². The predicted octanol–water partition coefficient (Wildman–Crippen LogP) is 1.52. The first-order chi connectivity index (χ1) is 8.84. The zero-order chi connectivity index (χ0) is 12.6. The molecule has 0 amide bonds. The summed E-state index contributed by atoms with van der Waals surface area (Å²) in [7, 11) is 0. The summed E-state index contributed by atoms with van der Waals surface area (Å²) in [6, 6.07) is 7.88. The Morgan fingerprint density at radius 1 is 1.11 bits per heavy atom. The molecule has 1 aliphatic rings. The molecule has 1 aromatic carbocycles. The predicted molar refractivity (Wildman–Crippen MR) is 75.3 cm³/mol. The summed E-state index contributed by atoms with van der Waals surface area (Å²) in [5, 5.41) is 0. The second kappa shape index (κ2) is 7.77. The molecule has 2 rings (SSSR count). The Morgan fingerprint density at radius 2 is 1.94 bits per heavy atom. The van der Waals surface area contributed by atoms with Crippen LogP contribution in [0.5, 0.6) is 5.75 Å². The van der Waals surface area contributed by atoms with Gasteiger partial charge in [0.1, 0.15) is 18.9 Å². The van der Waals surface area contributed by atoms with E-state index in [0.29, 0.717) is 13.2 Å². The molecule has 1 fully saturated rings. The number of nitrogens with one attached hydrogen (secondary N) is 1. The van der Waals surface area contributed by atoms with Crippen LogP contribution >= 0.6 is 15.9 Å². The normalized spacial score (nSPS) is 16.1. The fraction of sp³-hybridized carbons (Fsp3) is 0.571. The summed E-state index contributed by atoms with van der Waals surface area (Å²) in [6.45, 7) is 5.90. The van der Waals surface area contributed by atoms with E-state index in [2.05, 4.69) is 15.9 Å². The summed E-state index contributed by atoms with van der Waals surface area (Å²) in [5.41, 5.74) is 0. The third kappa shape index (κ3) is 4.96. The van der Waals surface area contributed by atoms with Crippen molar-refractivity contribution in [3.63, 3.8) is 0 Å². The third-order valence-electron chi connectivity index (χ3n) is 3.20. The van der Waals surface area contributed by atoms with Gasteiger partial charge in [-0.05, 0) is 18.2 Å². The van der Waals surface area contributed by atoms with E-state index in [0.717, 1.165) is 23.4 Å². The number of quaternary nitrogens is 1. The average molecular weight is 315 g/mol. The highest BCUT2D eigenvalue weighted by Crippen LogP contribution is 2.17. The molecular formula is C14H21BrNO2+. The second-order valence-corrected chi connectivity index (χ2v) is 5.54. The van der Waals surface area contributed by atoms with Crippen LogP contribution in [0.4, 0.5) is 0 Å². The Balaban J connectivity index is 1.50. The van der Waals surface area contributed by atoms with Crippen molar-refractivity contribution in [1.29, 1.82) is 0 Å². The lowest BCUT2D eigenvalue weighted by atomic mass is 10.3. The number of likely N-dealkylation sites (tertiary alicyclic amines) is 1. The van der Waals surface area contributed by atoms with Crippen molar-refractivity contribution in [2.75, 3.05) is 39.5 Å². The average Bonchev–Trinajstić information content (AvgIpc) is 2.87. The molecule has 0 saturated carbocycles. The van der Waals surface area contributed by atoms with Crippen LogP contribution in [0.25, 0.3) is 0 Å². The van der Waals surface area contributed by atoms with Gasteiger partial charge in [0.2, 0.25) is 0 Å². The van der Waals surface area contributed by atoms with E-state index in [1.54, 1.807) is 4.90 Å². The molecule has 1 saturated heterocycles. The summed E-state index contributed by atoms with van der Waals surface area (Å²) in [5.74, 6) is 0.887. The molecule has 100 valence electrons. The van der Waals surface area contributed by atoms with E-state index >= 15 is 0 Å². The van der Waals surface area contributed by atoms with Gasteiger partial charge in [-0.25, -0.2) is 0 Å². The SMILES string of the molecule is Brc1cccc(OCCOCC[NH+]2CCCC2)c1. The van der Waals surface area contributed by atoms with Gasteiger partial charge in [-0.1, -0.05) is 22.0 Å². The number of benzene rings is 1. The molecule has 0 radical (unpaired) electrons. The van der Waals surface area contributed by atoms with Gasteiger partial charge in [0.25, 0.3) is 0 Å².